The van der Waals surface area contributed by atoms with E-state index in [4.69, 9.17) is 9.05 Å². The number of hydrogen-bond donors (Lipinski definition) is 0. The van der Waals surface area contributed by atoms with E-state index < -0.39 is 13.3 Å². The Kier molecular flexibility index (Phi) is 11.2. The molecule has 0 heterocycles. The second-order valence-corrected chi connectivity index (χ2v) is 8.32. The van der Waals surface area contributed by atoms with Crippen LogP contribution in [0, 0.1) is 0 Å². The van der Waals surface area contributed by atoms with Gasteiger partial charge >= 0.3 is 13.5 Å². The van der Waals surface area contributed by atoms with E-state index in [-0.39, 0.29) is 19.1 Å². The minimum absolute atomic E-state index is 0.0169. The Bertz CT molecular complexity index is 373. The zero-order valence-electron chi connectivity index (χ0n) is 16.0. The van der Waals surface area contributed by atoms with Gasteiger partial charge in [-0.05, 0) is 47.5 Å². The third-order valence-corrected chi connectivity index (χ3v) is 6.97. The number of carbonyl (C=O) groups excluding carboxylic acids is 1. The maximum Gasteiger partial charge on any atom is 0.347 e. The second-order valence-electron chi connectivity index (χ2n) is 5.95. The fourth-order valence-corrected chi connectivity index (χ4v) is 4.71. The Morgan fingerprint density at radius 1 is 0.957 bits per heavy atom. The lowest BCUT2D eigenvalue weighted by molar-refractivity contribution is -0.851. The molecule has 0 bridgehead atoms. The first-order valence-corrected chi connectivity index (χ1v) is 10.8. The van der Waals surface area contributed by atoms with E-state index in [1.54, 1.807) is 20.8 Å². The Morgan fingerprint density at radius 3 is 1.87 bits per heavy atom. The van der Waals surface area contributed by atoms with Gasteiger partial charge in [0.1, 0.15) is 0 Å². The van der Waals surface area contributed by atoms with Crippen LogP contribution in [0.25, 0.3) is 0 Å². The van der Waals surface area contributed by atoms with Gasteiger partial charge in [-0.3, -0.25) is 9.05 Å². The molecular weight excluding hydrogens is 313 g/mol. The predicted molar refractivity (Wildman–Crippen MR) is 95.7 cm³/mol. The average Bonchev–Trinajstić information content (AvgIpc) is 2.55. The van der Waals surface area contributed by atoms with Crippen molar-refractivity contribution in [1.29, 1.82) is 0 Å². The molecule has 0 radical (unpaired) electrons. The topological polar surface area (TPSA) is 52.6 Å². The lowest BCUT2D eigenvalue weighted by Crippen LogP contribution is -2.56. The van der Waals surface area contributed by atoms with Gasteiger partial charge in [-0.25, -0.2) is 4.79 Å². The molecule has 0 aliphatic rings. The Hall–Kier alpha value is -0.220. The zero-order valence-corrected chi connectivity index (χ0v) is 16.9. The molecule has 0 aromatic rings. The first-order chi connectivity index (χ1) is 10.9. The summed E-state index contributed by atoms with van der Waals surface area (Å²) in [5.74, 6) is -0.0169. The predicted octanol–water partition coefficient (Wildman–Crippen LogP) is 4.60. The van der Waals surface area contributed by atoms with Gasteiger partial charge in [0.15, 0.2) is 5.66 Å². The van der Waals surface area contributed by atoms with Crippen molar-refractivity contribution in [2.75, 3.05) is 32.8 Å². The summed E-state index contributed by atoms with van der Waals surface area (Å²) < 4.78 is 24.1. The standard InChI is InChI=1S/C17H37NO4P/c1-7-12-13-14-15-18(8-2,9-3)17(19)16(6)23(20,21-10-4)22-11-5/h16H,7-15H2,1-6H3/q+1. The van der Waals surface area contributed by atoms with Crippen molar-refractivity contribution < 1.29 is 22.9 Å². The van der Waals surface area contributed by atoms with E-state index in [1.165, 1.54) is 12.8 Å². The number of hydrogen-bond acceptors (Lipinski definition) is 4. The molecule has 6 heteroatoms. The first kappa shape index (κ1) is 22.8. The van der Waals surface area contributed by atoms with Gasteiger partial charge in [0, 0.05) is 0 Å². The van der Waals surface area contributed by atoms with E-state index in [2.05, 4.69) is 6.92 Å². The van der Waals surface area contributed by atoms with Crippen molar-refractivity contribution in [1.82, 2.24) is 0 Å². The van der Waals surface area contributed by atoms with Gasteiger partial charge in [-0.15, -0.1) is 0 Å². The molecule has 5 nitrogen and oxygen atoms in total. The highest BCUT2D eigenvalue weighted by Crippen LogP contribution is 2.53. The molecule has 138 valence electrons. The maximum atomic E-state index is 13.1. The van der Waals surface area contributed by atoms with Gasteiger partial charge in [0.2, 0.25) is 0 Å². The monoisotopic (exact) mass is 350 g/mol. The van der Waals surface area contributed by atoms with Crippen LogP contribution in [0.4, 0.5) is 0 Å². The van der Waals surface area contributed by atoms with Crippen LogP contribution in [-0.4, -0.2) is 48.9 Å². The molecule has 0 aromatic heterocycles. The van der Waals surface area contributed by atoms with Gasteiger partial charge in [0.05, 0.1) is 32.8 Å². The SMILES string of the molecule is CCCCCC[N+](CC)(CC)C(=O)C(C)P(=O)(OCC)OCC. The smallest absolute Gasteiger partial charge is 0.308 e. The molecule has 0 spiro atoms. The minimum Gasteiger partial charge on any atom is -0.308 e. The second kappa shape index (κ2) is 11.4. The largest absolute Gasteiger partial charge is 0.347 e. The van der Waals surface area contributed by atoms with Crippen molar-refractivity contribution in [3.8, 4) is 0 Å². The molecule has 1 unspecified atom stereocenters. The Balaban J connectivity index is 5.22. The summed E-state index contributed by atoms with van der Waals surface area (Å²) in [5, 5.41) is 0. The average molecular weight is 350 g/mol. The van der Waals surface area contributed by atoms with Crippen LogP contribution in [0.2, 0.25) is 0 Å². The molecule has 0 saturated heterocycles. The summed E-state index contributed by atoms with van der Waals surface area (Å²) in [6.07, 6.45) is 4.51. The third kappa shape index (κ3) is 6.30. The normalized spacial score (nSPS) is 14.0. The van der Waals surface area contributed by atoms with Crippen molar-refractivity contribution in [3.63, 3.8) is 0 Å². The maximum absolute atomic E-state index is 13.1. The van der Waals surface area contributed by atoms with Crippen LogP contribution in [-0.2, 0) is 18.4 Å². The molecule has 1 amide bonds. The highest BCUT2D eigenvalue weighted by molar-refractivity contribution is 7.55. The molecular formula is C17H37NO4P+. The highest BCUT2D eigenvalue weighted by atomic mass is 31.2. The molecule has 0 N–H and O–H groups in total. The fraction of sp³-hybridized carbons (Fsp3) is 0.941. The number of rotatable bonds is 13. The molecule has 1 atom stereocenters. The van der Waals surface area contributed by atoms with E-state index >= 15 is 0 Å². The van der Waals surface area contributed by atoms with Crippen molar-refractivity contribution >= 4 is 13.5 Å². The van der Waals surface area contributed by atoms with E-state index in [0.717, 1.165) is 19.4 Å². The van der Waals surface area contributed by atoms with Gasteiger partial charge in [-0.1, -0.05) is 19.8 Å². The summed E-state index contributed by atoms with van der Waals surface area (Å²) in [5.41, 5.74) is -0.728. The quantitative estimate of drug-likeness (QED) is 0.277. The summed E-state index contributed by atoms with van der Waals surface area (Å²) in [7, 11) is -3.40. The fourth-order valence-electron chi connectivity index (χ4n) is 2.96. The van der Waals surface area contributed by atoms with Gasteiger partial charge in [0.25, 0.3) is 0 Å². The van der Waals surface area contributed by atoms with Gasteiger partial charge in [-0.2, -0.15) is 0 Å². The molecule has 0 aliphatic heterocycles. The Labute approximate surface area is 142 Å². The number of unbranched alkanes of at least 4 members (excludes halogenated alkanes) is 3. The highest BCUT2D eigenvalue weighted by Gasteiger charge is 2.47. The molecule has 23 heavy (non-hydrogen) atoms. The van der Waals surface area contributed by atoms with Gasteiger partial charge < -0.3 is 9.05 Å². The third-order valence-electron chi connectivity index (χ3n) is 4.57. The Morgan fingerprint density at radius 2 is 1.48 bits per heavy atom. The lowest BCUT2D eigenvalue weighted by Gasteiger charge is -2.37. The number of amides is 1. The van der Waals surface area contributed by atoms with Crippen LogP contribution >= 0.6 is 7.60 Å². The van der Waals surface area contributed by atoms with Crippen LogP contribution in [0.5, 0.6) is 0 Å². The summed E-state index contributed by atoms with van der Waals surface area (Å²) in [6.45, 7) is 14.3. The van der Waals surface area contributed by atoms with Crippen LogP contribution in [0.15, 0.2) is 0 Å². The van der Waals surface area contributed by atoms with Crippen molar-refractivity contribution in [2.45, 2.75) is 72.9 Å². The van der Waals surface area contributed by atoms with Crippen LogP contribution in [0.1, 0.15) is 67.2 Å². The molecule has 0 aromatic carbocycles. The molecule has 0 aliphatic carbocycles. The summed E-state index contributed by atoms with van der Waals surface area (Å²) in [6, 6.07) is 0. The number of nitrogens with zero attached hydrogens (tertiary/aromatic N) is 1. The van der Waals surface area contributed by atoms with Crippen LogP contribution in [0.3, 0.4) is 0 Å². The minimum atomic E-state index is -3.40. The van der Waals surface area contributed by atoms with Crippen molar-refractivity contribution in [3.05, 3.63) is 0 Å². The molecule has 0 fully saturated rings. The van der Waals surface area contributed by atoms with Crippen molar-refractivity contribution in [2.24, 2.45) is 0 Å². The number of quaternary nitrogens is 1. The van der Waals surface area contributed by atoms with E-state index in [1.807, 2.05) is 13.8 Å². The lowest BCUT2D eigenvalue weighted by atomic mass is 10.1. The number of carbonyl (C=O) groups is 1. The summed E-state index contributed by atoms with van der Waals surface area (Å²) >= 11 is 0. The molecule has 0 saturated carbocycles. The van der Waals surface area contributed by atoms with E-state index in [9.17, 15) is 9.36 Å². The molecule has 0 rings (SSSR count). The van der Waals surface area contributed by atoms with E-state index in [0.29, 0.717) is 17.6 Å². The zero-order chi connectivity index (χ0) is 17.9. The summed E-state index contributed by atoms with van der Waals surface area (Å²) in [4.78, 5) is 13.1. The van der Waals surface area contributed by atoms with Crippen LogP contribution < -0.4 is 0 Å². The first-order valence-electron chi connectivity index (χ1n) is 9.16.